The Morgan fingerprint density at radius 3 is 1.91 bits per heavy atom. The molecule has 0 unspecified atom stereocenters. The number of furan rings is 1. The highest BCUT2D eigenvalue weighted by molar-refractivity contribution is 7.22. The number of rotatable bonds is 3. The fraction of sp³-hybridized carbons (Fsp3) is 0.148. The van der Waals surface area contributed by atoms with Gasteiger partial charge in [0.25, 0.3) is 0 Å². The summed E-state index contributed by atoms with van der Waals surface area (Å²) in [5.74, 6) is 0. The summed E-state index contributed by atoms with van der Waals surface area (Å²) >= 11 is 0. The number of hydrogen-bond acceptors (Lipinski definition) is 3. The van der Waals surface area contributed by atoms with Crippen molar-refractivity contribution in [3.8, 4) is 11.1 Å². The number of benzene rings is 9. The highest BCUT2D eigenvalue weighted by Crippen LogP contribution is 2.53. The van der Waals surface area contributed by atoms with Gasteiger partial charge in [-0.15, -0.1) is 0 Å². The molecule has 0 amide bonds. The van der Waals surface area contributed by atoms with Crippen LogP contribution in [0.5, 0.6) is 0 Å². The van der Waals surface area contributed by atoms with Gasteiger partial charge < -0.3 is 14.1 Å². The first-order chi connectivity index (χ1) is 32.1. The quantitative estimate of drug-likeness (QED) is 0.165. The van der Waals surface area contributed by atoms with Crippen molar-refractivity contribution in [2.45, 2.75) is 58.3 Å². The van der Waals surface area contributed by atoms with E-state index in [4.69, 9.17) is 4.42 Å². The third kappa shape index (κ3) is 4.88. The van der Waals surface area contributed by atoms with Gasteiger partial charge in [-0.25, -0.2) is 0 Å². The van der Waals surface area contributed by atoms with Crippen molar-refractivity contribution in [1.29, 1.82) is 0 Å². The maximum atomic E-state index is 6.84. The van der Waals surface area contributed by atoms with Crippen LogP contribution in [0.25, 0.3) is 43.8 Å². The Bertz CT molecular complexity index is 3660. The van der Waals surface area contributed by atoms with E-state index in [0.717, 1.165) is 28.4 Å². The lowest BCUT2D eigenvalue weighted by molar-refractivity contribution is 0.332. The summed E-state index contributed by atoms with van der Waals surface area (Å²) in [6.07, 6.45) is 2.34. The smallest absolute Gasteiger partial charge is 0.333 e. The highest BCUT2D eigenvalue weighted by Gasteiger charge is 2.55. The van der Waals surface area contributed by atoms with Crippen LogP contribution in [-0.2, 0) is 10.8 Å². The van der Waals surface area contributed by atoms with Gasteiger partial charge in [-0.05, 0) is 120 Å². The van der Waals surface area contributed by atoms with Crippen LogP contribution >= 0.6 is 0 Å². The number of aryl methyl sites for hydroxylation is 1. The van der Waals surface area contributed by atoms with E-state index in [0.29, 0.717) is 0 Å². The number of nitrogens with zero attached hydrogens (tertiary/aromatic N) is 2. The Kier molecular flexibility index (Phi) is 7.68. The first-order valence-electron chi connectivity index (χ1n) is 23.8. The zero-order valence-corrected chi connectivity index (χ0v) is 39.1. The molecule has 3 nitrogen and oxygen atoms in total. The minimum Gasteiger partial charge on any atom is -0.456 e. The lowest BCUT2D eigenvalue weighted by atomic mass is 9.43. The van der Waals surface area contributed by atoms with Crippen molar-refractivity contribution in [2.75, 3.05) is 9.71 Å². The standard InChI is InChI=1S/C61H49BN2OSi/c1-38-33-46-47(61(4,5)32-31-60(46,2)3)36-50(38)63-51-37-54-45(43-25-14-16-28-53(43)65-54)35-48(51)62-58-52(63)34-39-19-12-13-24-42(39)57(58)44-26-18-30-56-59(44)64(62)49-27-15-17-29-55(49)66(56,40-20-8-6-9-21-40)41-22-10-7-11-23-41/h6-30,33-37H,31-32H2,1-5H3. The summed E-state index contributed by atoms with van der Waals surface area (Å²) < 4.78 is 6.84. The molecule has 0 saturated carbocycles. The molecule has 14 rings (SSSR count). The lowest BCUT2D eigenvalue weighted by Crippen LogP contribution is -2.79. The summed E-state index contributed by atoms with van der Waals surface area (Å²) in [5.41, 5.74) is 17.8. The van der Waals surface area contributed by atoms with Crippen LogP contribution < -0.4 is 41.4 Å². The number of fused-ring (bicyclic) bond motifs is 12. The van der Waals surface area contributed by atoms with Gasteiger partial charge in [0, 0.05) is 50.8 Å². The van der Waals surface area contributed by atoms with Crippen molar-refractivity contribution in [2.24, 2.45) is 0 Å². The van der Waals surface area contributed by atoms with Gasteiger partial charge in [0.2, 0.25) is 0 Å². The van der Waals surface area contributed by atoms with Crippen LogP contribution in [0.2, 0.25) is 0 Å². The Labute approximate surface area is 388 Å². The molecule has 0 N–H and O–H groups in total. The maximum absolute atomic E-state index is 6.84. The number of para-hydroxylation sites is 3. The van der Waals surface area contributed by atoms with Crippen LogP contribution in [0.15, 0.2) is 186 Å². The van der Waals surface area contributed by atoms with E-state index in [2.05, 4.69) is 226 Å². The molecule has 4 heterocycles. The van der Waals surface area contributed by atoms with E-state index in [9.17, 15) is 0 Å². The Morgan fingerprint density at radius 2 is 1.15 bits per heavy atom. The Hall–Kier alpha value is -7.08. The van der Waals surface area contributed by atoms with E-state index < -0.39 is 8.07 Å². The second-order valence-corrected chi connectivity index (χ2v) is 24.4. The molecule has 0 radical (unpaired) electrons. The molecule has 1 aromatic heterocycles. The largest absolute Gasteiger partial charge is 0.456 e. The number of hydrogen-bond donors (Lipinski definition) is 0. The normalized spacial score (nSPS) is 16.7. The van der Waals surface area contributed by atoms with Crippen LogP contribution in [0.1, 0.15) is 57.2 Å². The van der Waals surface area contributed by atoms with E-state index in [1.807, 2.05) is 0 Å². The molecule has 1 aliphatic carbocycles. The molecule has 9 aromatic carbocycles. The predicted octanol–water partition coefficient (Wildman–Crippen LogP) is 11.8. The zero-order chi connectivity index (χ0) is 44.3. The van der Waals surface area contributed by atoms with Crippen molar-refractivity contribution in [3.05, 3.63) is 199 Å². The van der Waals surface area contributed by atoms with Gasteiger partial charge in [0.15, 0.2) is 8.07 Å². The van der Waals surface area contributed by atoms with Gasteiger partial charge in [-0.2, -0.15) is 0 Å². The fourth-order valence-corrected chi connectivity index (χ4v) is 18.2. The predicted molar refractivity (Wildman–Crippen MR) is 282 cm³/mol. The monoisotopic (exact) mass is 864 g/mol. The van der Waals surface area contributed by atoms with Gasteiger partial charge in [-0.3, -0.25) is 0 Å². The second kappa shape index (κ2) is 13.3. The Morgan fingerprint density at radius 1 is 0.515 bits per heavy atom. The molecule has 10 aromatic rings. The molecular formula is C61H49BN2OSi. The van der Waals surface area contributed by atoms with E-state index in [1.54, 1.807) is 0 Å². The second-order valence-electron chi connectivity index (χ2n) is 20.7. The minimum absolute atomic E-state index is 0.0424. The first-order valence-corrected chi connectivity index (χ1v) is 25.8. The van der Waals surface area contributed by atoms with Crippen LogP contribution in [0.4, 0.5) is 28.4 Å². The zero-order valence-electron chi connectivity index (χ0n) is 38.1. The molecule has 0 saturated heterocycles. The summed E-state index contributed by atoms with van der Waals surface area (Å²) in [4.78, 5) is 5.40. The van der Waals surface area contributed by atoms with Crippen molar-refractivity contribution in [3.63, 3.8) is 0 Å². The van der Waals surface area contributed by atoms with Crippen LogP contribution in [-0.4, -0.2) is 14.9 Å². The summed E-state index contributed by atoms with van der Waals surface area (Å²) in [5, 5.41) is 10.5. The molecule has 4 aliphatic rings. The molecule has 5 heteroatoms. The molecule has 0 bridgehead atoms. The van der Waals surface area contributed by atoms with Gasteiger partial charge in [-0.1, -0.05) is 179 Å². The first kappa shape index (κ1) is 38.2. The van der Waals surface area contributed by atoms with Crippen LogP contribution in [0, 0.1) is 6.92 Å². The van der Waals surface area contributed by atoms with Gasteiger partial charge >= 0.3 is 6.85 Å². The average Bonchev–Trinajstić information content (AvgIpc) is 3.71. The van der Waals surface area contributed by atoms with Crippen LogP contribution in [0.3, 0.4) is 0 Å². The minimum atomic E-state index is -2.90. The highest BCUT2D eigenvalue weighted by atomic mass is 28.3. The SMILES string of the molecule is Cc1cc2c(cc1N1c3cc4oc5ccccc5c4cc3B3c4c1cc1ccccc1c4-c1cccc4c1N3c1ccccc1[Si]4(c1ccccc1)c1ccccc1)C(C)(C)CCC2(C)C. The molecule has 3 aliphatic heterocycles. The maximum Gasteiger partial charge on any atom is 0.333 e. The van der Waals surface area contributed by atoms with E-state index >= 15 is 0 Å². The summed E-state index contributed by atoms with van der Waals surface area (Å²) in [6.45, 7) is 12.0. The molecule has 316 valence electrons. The third-order valence-electron chi connectivity index (χ3n) is 16.2. The molecule has 66 heavy (non-hydrogen) atoms. The van der Waals surface area contributed by atoms with Gasteiger partial charge in [0.05, 0.1) is 0 Å². The Balaban J connectivity index is 1.17. The van der Waals surface area contributed by atoms with Crippen molar-refractivity contribution < 1.29 is 4.42 Å². The van der Waals surface area contributed by atoms with E-state index in [1.165, 1.54) is 105 Å². The number of anilines is 5. The topological polar surface area (TPSA) is 19.6 Å². The summed E-state index contributed by atoms with van der Waals surface area (Å²) in [7, 11) is -2.90. The summed E-state index contributed by atoms with van der Waals surface area (Å²) in [6, 6.07) is 69.7. The van der Waals surface area contributed by atoms with Crippen molar-refractivity contribution in [1.82, 2.24) is 0 Å². The molecule has 0 spiro atoms. The van der Waals surface area contributed by atoms with E-state index in [-0.39, 0.29) is 17.7 Å². The van der Waals surface area contributed by atoms with Crippen molar-refractivity contribution >= 4 is 108 Å². The lowest BCUT2D eigenvalue weighted by Gasteiger charge is -2.52. The molecular weight excluding hydrogens is 816 g/mol. The molecule has 0 fully saturated rings. The van der Waals surface area contributed by atoms with Gasteiger partial charge in [0.1, 0.15) is 11.2 Å². The third-order valence-corrected chi connectivity index (χ3v) is 21.1. The molecule has 0 atom stereocenters. The fourth-order valence-electron chi connectivity index (χ4n) is 13.1. The average molecular weight is 865 g/mol.